The van der Waals surface area contributed by atoms with Crippen LogP contribution in [0.3, 0.4) is 0 Å². The van der Waals surface area contributed by atoms with Gasteiger partial charge in [-0.2, -0.15) is 0 Å². The Hall–Kier alpha value is -1.05. The summed E-state index contributed by atoms with van der Waals surface area (Å²) in [5, 5.41) is 12.4. The van der Waals surface area contributed by atoms with E-state index in [1.54, 1.807) is 0 Å². The fourth-order valence-corrected chi connectivity index (χ4v) is 3.89. The molecule has 0 aromatic heterocycles. The average Bonchev–Trinajstić information content (AvgIpc) is 2.46. The number of hydrogen-bond donors (Lipinski definition) is 0. The Morgan fingerprint density at radius 2 is 1.86 bits per heavy atom. The monoisotopic (exact) mass is 289 g/mol. The third-order valence-corrected chi connectivity index (χ3v) is 5.29. The van der Waals surface area contributed by atoms with Crippen molar-refractivity contribution in [2.45, 2.75) is 85.1 Å². The van der Waals surface area contributed by atoms with Crippen LogP contribution in [0.4, 0.5) is 0 Å². The molecule has 2 heteroatoms. The second kappa shape index (κ2) is 6.81. The van der Waals surface area contributed by atoms with Gasteiger partial charge in [-0.3, -0.25) is 0 Å². The number of hydroxylamine groups is 1. The molecular formula is C19H31NO. The molecule has 0 atom stereocenters. The molecule has 21 heavy (non-hydrogen) atoms. The van der Waals surface area contributed by atoms with Crippen LogP contribution in [0, 0.1) is 10.6 Å². The lowest BCUT2D eigenvalue weighted by Gasteiger charge is -2.32. The summed E-state index contributed by atoms with van der Waals surface area (Å²) in [6, 6.07) is 0.206. The van der Waals surface area contributed by atoms with Crippen LogP contribution in [0.2, 0.25) is 0 Å². The Labute approximate surface area is 130 Å². The van der Waals surface area contributed by atoms with Gasteiger partial charge in [0.25, 0.3) is 0 Å². The summed E-state index contributed by atoms with van der Waals surface area (Å²) in [6.07, 6.45) is 13.8. The van der Waals surface area contributed by atoms with Gasteiger partial charge in [0.15, 0.2) is 11.8 Å². The maximum absolute atomic E-state index is 12.4. The van der Waals surface area contributed by atoms with Gasteiger partial charge in [0, 0.05) is 25.8 Å². The summed E-state index contributed by atoms with van der Waals surface area (Å²) in [5.74, 6) is 0. The quantitative estimate of drug-likeness (QED) is 0.297. The predicted molar refractivity (Wildman–Crippen MR) is 90.7 cm³/mol. The number of rotatable bonds is 3. The Kier molecular flexibility index (Phi) is 5.29. The molecule has 2 aliphatic rings. The van der Waals surface area contributed by atoms with Crippen LogP contribution in [0.15, 0.2) is 23.3 Å². The van der Waals surface area contributed by atoms with E-state index in [1.165, 1.54) is 54.4 Å². The second-order valence-corrected chi connectivity index (χ2v) is 7.52. The van der Waals surface area contributed by atoms with Gasteiger partial charge in [0.1, 0.15) is 0 Å². The third-order valence-electron chi connectivity index (χ3n) is 5.29. The highest BCUT2D eigenvalue weighted by Crippen LogP contribution is 2.40. The van der Waals surface area contributed by atoms with Crippen molar-refractivity contribution in [1.29, 1.82) is 0 Å². The van der Waals surface area contributed by atoms with Crippen molar-refractivity contribution in [1.82, 2.24) is 0 Å². The largest absolute Gasteiger partial charge is 0.623 e. The van der Waals surface area contributed by atoms with Gasteiger partial charge in [-0.15, -0.1) is 0 Å². The van der Waals surface area contributed by atoms with E-state index < -0.39 is 0 Å². The molecule has 0 saturated heterocycles. The fraction of sp³-hybridized carbons (Fsp3) is 0.737. The lowest BCUT2D eigenvalue weighted by molar-refractivity contribution is -0.505. The van der Waals surface area contributed by atoms with Crippen LogP contribution >= 0.6 is 0 Å². The molecule has 0 unspecified atom stereocenters. The summed E-state index contributed by atoms with van der Waals surface area (Å²) in [4.78, 5) is 0. The first-order valence-electron chi connectivity index (χ1n) is 8.60. The normalized spacial score (nSPS) is 25.3. The average molecular weight is 289 g/mol. The van der Waals surface area contributed by atoms with E-state index in [2.05, 4.69) is 26.8 Å². The van der Waals surface area contributed by atoms with E-state index in [0.717, 1.165) is 18.6 Å². The molecule has 0 aromatic rings. The van der Waals surface area contributed by atoms with Crippen LogP contribution in [0.1, 0.15) is 79.1 Å². The molecule has 0 amide bonds. The van der Waals surface area contributed by atoms with Crippen LogP contribution in [0.5, 0.6) is 0 Å². The van der Waals surface area contributed by atoms with Crippen molar-refractivity contribution in [2.24, 2.45) is 5.41 Å². The zero-order chi connectivity index (χ0) is 15.5. The first-order valence-corrected chi connectivity index (χ1v) is 8.60. The van der Waals surface area contributed by atoms with Gasteiger partial charge >= 0.3 is 0 Å². The SMILES string of the molecule is CC1=C(/C=C/C(C)=[N+](/[O-])C2CCCCC2)C(C)(C)CCC1. The number of allylic oxidation sites excluding steroid dienone is 4. The molecule has 0 N–H and O–H groups in total. The van der Waals surface area contributed by atoms with Crippen LogP contribution in [-0.4, -0.2) is 16.5 Å². The van der Waals surface area contributed by atoms with Crippen molar-refractivity contribution in [2.75, 3.05) is 0 Å². The zero-order valence-electron chi connectivity index (χ0n) is 14.2. The number of hydrogen-bond acceptors (Lipinski definition) is 1. The minimum Gasteiger partial charge on any atom is -0.623 e. The maximum Gasteiger partial charge on any atom is 0.184 e. The molecule has 2 rings (SSSR count). The molecule has 1 saturated carbocycles. The predicted octanol–water partition coefficient (Wildman–Crippen LogP) is 5.37. The summed E-state index contributed by atoms with van der Waals surface area (Å²) in [5.41, 5.74) is 4.04. The van der Waals surface area contributed by atoms with E-state index in [4.69, 9.17) is 0 Å². The molecule has 0 aliphatic heterocycles. The van der Waals surface area contributed by atoms with Crippen LogP contribution in [-0.2, 0) is 0 Å². The summed E-state index contributed by atoms with van der Waals surface area (Å²) in [7, 11) is 0. The van der Waals surface area contributed by atoms with E-state index >= 15 is 0 Å². The van der Waals surface area contributed by atoms with Crippen LogP contribution in [0.25, 0.3) is 0 Å². The van der Waals surface area contributed by atoms with E-state index in [0.29, 0.717) is 0 Å². The van der Waals surface area contributed by atoms with Crippen molar-refractivity contribution in [3.8, 4) is 0 Å². The Morgan fingerprint density at radius 3 is 2.48 bits per heavy atom. The molecular weight excluding hydrogens is 258 g/mol. The van der Waals surface area contributed by atoms with E-state index in [9.17, 15) is 5.21 Å². The smallest absolute Gasteiger partial charge is 0.184 e. The first kappa shape index (κ1) is 16.3. The van der Waals surface area contributed by atoms with E-state index in [1.807, 2.05) is 13.0 Å². The van der Waals surface area contributed by atoms with Crippen molar-refractivity contribution in [3.63, 3.8) is 0 Å². The molecule has 1 fully saturated rings. The Morgan fingerprint density at radius 1 is 1.19 bits per heavy atom. The van der Waals surface area contributed by atoms with Gasteiger partial charge in [0.2, 0.25) is 0 Å². The lowest BCUT2D eigenvalue weighted by atomic mass is 9.72. The van der Waals surface area contributed by atoms with Crippen LogP contribution < -0.4 is 0 Å². The topological polar surface area (TPSA) is 26.1 Å². The second-order valence-electron chi connectivity index (χ2n) is 7.52. The van der Waals surface area contributed by atoms with E-state index in [-0.39, 0.29) is 11.5 Å². The third kappa shape index (κ3) is 3.99. The Bertz CT molecular complexity index is 462. The minimum atomic E-state index is 0.206. The summed E-state index contributed by atoms with van der Waals surface area (Å²) < 4.78 is 1.27. The number of nitrogens with zero attached hydrogens (tertiary/aromatic N) is 1. The van der Waals surface area contributed by atoms with Gasteiger partial charge in [-0.25, -0.2) is 4.74 Å². The standard InChI is InChI=1S/C19H31NO/c1-15-9-8-14-19(3,4)18(15)13-12-16(2)20(21)17-10-6-5-7-11-17/h12-13,17H,5-11,14H2,1-4H3/b13-12+,20-16+. The molecule has 2 aliphatic carbocycles. The maximum atomic E-state index is 12.4. The van der Waals surface area contributed by atoms with Gasteiger partial charge in [-0.1, -0.05) is 31.9 Å². The zero-order valence-corrected chi connectivity index (χ0v) is 14.2. The highest BCUT2D eigenvalue weighted by Gasteiger charge is 2.27. The summed E-state index contributed by atoms with van der Waals surface area (Å²) in [6.45, 7) is 8.84. The molecule has 0 radical (unpaired) electrons. The molecule has 0 bridgehead atoms. The first-order chi connectivity index (χ1) is 9.92. The highest BCUT2D eigenvalue weighted by molar-refractivity contribution is 5.89. The molecule has 0 heterocycles. The minimum absolute atomic E-state index is 0.206. The van der Waals surface area contributed by atoms with Gasteiger partial charge < -0.3 is 5.21 Å². The van der Waals surface area contributed by atoms with Gasteiger partial charge in [-0.05, 0) is 50.0 Å². The highest BCUT2D eigenvalue weighted by atomic mass is 16.5. The van der Waals surface area contributed by atoms with Gasteiger partial charge in [0.05, 0.1) is 0 Å². The van der Waals surface area contributed by atoms with Crippen molar-refractivity contribution >= 4 is 5.71 Å². The molecule has 0 spiro atoms. The lowest BCUT2D eigenvalue weighted by Crippen LogP contribution is -2.27. The van der Waals surface area contributed by atoms with Crippen molar-refractivity contribution in [3.05, 3.63) is 28.5 Å². The fourth-order valence-electron chi connectivity index (χ4n) is 3.89. The Balaban J connectivity index is 2.15. The molecule has 2 nitrogen and oxygen atoms in total. The van der Waals surface area contributed by atoms with Crippen molar-refractivity contribution < 1.29 is 4.74 Å². The summed E-state index contributed by atoms with van der Waals surface area (Å²) >= 11 is 0. The molecule has 0 aromatic carbocycles. The molecule has 118 valence electrons.